The van der Waals surface area contributed by atoms with Crippen molar-refractivity contribution in [3.8, 4) is 0 Å². The van der Waals surface area contributed by atoms with Crippen LogP contribution in [-0.4, -0.2) is 53.2 Å². The van der Waals surface area contributed by atoms with Crippen LogP contribution >= 0.6 is 11.8 Å². The van der Waals surface area contributed by atoms with Gasteiger partial charge in [0.15, 0.2) is 5.16 Å². The van der Waals surface area contributed by atoms with E-state index >= 15 is 0 Å². The number of nitrogens with one attached hydrogen (secondary N) is 2. The highest BCUT2D eigenvalue weighted by atomic mass is 32.2. The Bertz CT molecular complexity index is 581. The Balaban J connectivity index is 2.49. The maximum atomic E-state index is 11.6. The summed E-state index contributed by atoms with van der Waals surface area (Å²) >= 11 is 1.04. The van der Waals surface area contributed by atoms with Crippen LogP contribution in [0.15, 0.2) is 11.4 Å². The first-order valence-electron chi connectivity index (χ1n) is 6.93. The molecule has 0 saturated carbocycles. The lowest BCUT2D eigenvalue weighted by Gasteiger charge is -2.06. The number of hydrogen-bond acceptors (Lipinski definition) is 8. The van der Waals surface area contributed by atoms with Gasteiger partial charge in [-0.2, -0.15) is 0 Å². The molecule has 1 rings (SSSR count). The van der Waals surface area contributed by atoms with E-state index in [0.29, 0.717) is 6.54 Å². The molecule has 0 bridgehead atoms. The van der Waals surface area contributed by atoms with Crippen molar-refractivity contribution in [2.45, 2.75) is 19.0 Å². The summed E-state index contributed by atoms with van der Waals surface area (Å²) in [6.07, 6.45) is 1.26. The Hall–Kier alpha value is -2.36. The average molecular weight is 341 g/mol. The molecule has 9 nitrogen and oxygen atoms in total. The van der Waals surface area contributed by atoms with Crippen molar-refractivity contribution in [2.24, 2.45) is 0 Å². The number of likely N-dealkylation sites (N-methyl/N-ethyl adjacent to an activating group) is 1. The van der Waals surface area contributed by atoms with Crippen LogP contribution in [0.25, 0.3) is 0 Å². The van der Waals surface area contributed by atoms with E-state index in [-0.39, 0.29) is 47.3 Å². The molecule has 23 heavy (non-hydrogen) atoms. The first-order chi connectivity index (χ1) is 11.0. The molecule has 4 N–H and O–H groups in total. The molecule has 0 aliphatic heterocycles. The molecule has 0 fully saturated rings. The van der Waals surface area contributed by atoms with Crippen LogP contribution in [0.4, 0.5) is 5.82 Å². The van der Waals surface area contributed by atoms with Crippen molar-refractivity contribution < 1.29 is 19.1 Å². The molecular weight excluding hydrogens is 322 g/mol. The van der Waals surface area contributed by atoms with Crippen molar-refractivity contribution in [3.05, 3.63) is 11.8 Å². The van der Waals surface area contributed by atoms with E-state index in [4.69, 9.17) is 10.5 Å². The molecule has 0 unspecified atom stereocenters. The lowest BCUT2D eigenvalue weighted by Crippen LogP contribution is -2.37. The van der Waals surface area contributed by atoms with Gasteiger partial charge in [-0.3, -0.25) is 9.59 Å². The number of thioether (sulfide) groups is 1. The number of hydrogen-bond donors (Lipinski definition) is 3. The van der Waals surface area contributed by atoms with Crippen molar-refractivity contribution in [1.29, 1.82) is 0 Å². The maximum absolute atomic E-state index is 11.6. The van der Waals surface area contributed by atoms with Crippen molar-refractivity contribution in [3.63, 3.8) is 0 Å². The number of esters is 1. The number of nitrogens with two attached hydrogens (primary N) is 1. The first-order valence-corrected chi connectivity index (χ1v) is 7.92. The fourth-order valence-corrected chi connectivity index (χ4v) is 2.09. The van der Waals surface area contributed by atoms with Crippen LogP contribution in [0.3, 0.4) is 0 Å². The summed E-state index contributed by atoms with van der Waals surface area (Å²) in [4.78, 5) is 42.2. The van der Waals surface area contributed by atoms with Crippen molar-refractivity contribution in [1.82, 2.24) is 20.6 Å². The number of nitrogens with zero attached hydrogens (tertiary/aromatic N) is 2. The van der Waals surface area contributed by atoms with Gasteiger partial charge in [-0.1, -0.05) is 11.8 Å². The number of nitrogen functional groups attached to an aromatic ring is 1. The van der Waals surface area contributed by atoms with E-state index < -0.39 is 5.97 Å². The summed E-state index contributed by atoms with van der Waals surface area (Å²) in [6, 6.07) is 0. The van der Waals surface area contributed by atoms with Gasteiger partial charge in [-0.15, -0.1) is 0 Å². The second-order valence-electron chi connectivity index (χ2n) is 4.19. The van der Waals surface area contributed by atoms with Crippen LogP contribution in [0.1, 0.15) is 24.2 Å². The van der Waals surface area contributed by atoms with Gasteiger partial charge in [0.1, 0.15) is 11.4 Å². The van der Waals surface area contributed by atoms with E-state index in [0.717, 1.165) is 11.8 Å². The molecule has 0 aliphatic rings. The van der Waals surface area contributed by atoms with E-state index in [2.05, 4.69) is 20.6 Å². The zero-order valence-corrected chi connectivity index (χ0v) is 13.7. The number of aromatic nitrogens is 2. The average Bonchev–Trinajstić information content (AvgIpc) is 2.51. The van der Waals surface area contributed by atoms with Gasteiger partial charge in [-0.25, -0.2) is 14.8 Å². The van der Waals surface area contributed by atoms with Crippen molar-refractivity contribution in [2.75, 3.05) is 31.2 Å². The minimum atomic E-state index is -0.596. The molecule has 0 aromatic carbocycles. The van der Waals surface area contributed by atoms with Gasteiger partial charge in [0.2, 0.25) is 11.8 Å². The Kier molecular flexibility index (Phi) is 7.81. The molecule has 0 atom stereocenters. The van der Waals surface area contributed by atoms with E-state index in [1.54, 1.807) is 13.8 Å². The second-order valence-corrected chi connectivity index (χ2v) is 5.13. The number of rotatable bonds is 8. The Morgan fingerprint density at radius 1 is 1.26 bits per heavy atom. The third kappa shape index (κ3) is 6.51. The fourth-order valence-electron chi connectivity index (χ4n) is 1.43. The molecule has 0 spiro atoms. The molecule has 126 valence electrons. The summed E-state index contributed by atoms with van der Waals surface area (Å²) in [6.45, 7) is 4.11. The molecule has 10 heteroatoms. The predicted molar refractivity (Wildman–Crippen MR) is 84.8 cm³/mol. The number of carbonyl (C=O) groups is 3. The van der Waals surface area contributed by atoms with Gasteiger partial charge in [0, 0.05) is 12.7 Å². The van der Waals surface area contributed by atoms with E-state index in [1.807, 2.05) is 0 Å². The third-order valence-corrected chi connectivity index (χ3v) is 3.31. The van der Waals surface area contributed by atoms with Crippen LogP contribution in [0.5, 0.6) is 0 Å². The monoisotopic (exact) mass is 341 g/mol. The Labute approximate surface area is 137 Å². The Morgan fingerprint density at radius 3 is 2.61 bits per heavy atom. The number of anilines is 1. The van der Waals surface area contributed by atoms with E-state index in [9.17, 15) is 14.4 Å². The summed E-state index contributed by atoms with van der Waals surface area (Å²) in [7, 11) is 0. The predicted octanol–water partition coefficient (Wildman–Crippen LogP) is -0.420. The minimum absolute atomic E-state index is 0.0105. The first kappa shape index (κ1) is 18.7. The highest BCUT2D eigenvalue weighted by Gasteiger charge is 2.14. The number of carbonyl (C=O) groups excluding carboxylic acids is 3. The van der Waals surface area contributed by atoms with Crippen LogP contribution < -0.4 is 16.4 Å². The standard InChI is InChI=1S/C13H19N5O4S/c1-3-15-9(19)6-16-10(20)7-23-13-17-5-8(11(14)18-13)12(21)22-4-2/h5H,3-4,6-7H2,1-2H3,(H,15,19)(H,16,20)(H2,14,17,18). The van der Waals surface area contributed by atoms with Gasteiger partial charge >= 0.3 is 5.97 Å². The lowest BCUT2D eigenvalue weighted by molar-refractivity contribution is -0.124. The van der Waals surface area contributed by atoms with Crippen LogP contribution in [0, 0.1) is 0 Å². The number of ether oxygens (including phenoxy) is 1. The lowest BCUT2D eigenvalue weighted by atomic mass is 10.3. The Morgan fingerprint density at radius 2 is 2.00 bits per heavy atom. The SMILES string of the molecule is CCNC(=O)CNC(=O)CSc1ncc(C(=O)OCC)c(N)n1. The topological polar surface area (TPSA) is 136 Å². The largest absolute Gasteiger partial charge is 0.462 e. The maximum Gasteiger partial charge on any atom is 0.343 e. The summed E-state index contributed by atoms with van der Waals surface area (Å²) in [5, 5.41) is 5.28. The van der Waals surface area contributed by atoms with Gasteiger partial charge in [-0.05, 0) is 13.8 Å². The van der Waals surface area contributed by atoms with Gasteiger partial charge < -0.3 is 21.1 Å². The summed E-state index contributed by atoms with van der Waals surface area (Å²) in [5.41, 5.74) is 5.75. The molecule has 0 saturated heterocycles. The molecule has 2 amide bonds. The van der Waals surface area contributed by atoms with Gasteiger partial charge in [0.05, 0.1) is 18.9 Å². The smallest absolute Gasteiger partial charge is 0.343 e. The zero-order valence-electron chi connectivity index (χ0n) is 12.9. The molecule has 1 heterocycles. The van der Waals surface area contributed by atoms with Crippen LogP contribution in [0.2, 0.25) is 0 Å². The molecule has 0 aliphatic carbocycles. The van der Waals surface area contributed by atoms with Crippen LogP contribution in [-0.2, 0) is 14.3 Å². The second kappa shape index (κ2) is 9.62. The van der Waals surface area contributed by atoms with Gasteiger partial charge in [0.25, 0.3) is 0 Å². The quantitative estimate of drug-likeness (QED) is 0.329. The zero-order chi connectivity index (χ0) is 17.2. The highest BCUT2D eigenvalue weighted by molar-refractivity contribution is 7.99. The molecule has 0 radical (unpaired) electrons. The molecule has 1 aromatic heterocycles. The summed E-state index contributed by atoms with van der Waals surface area (Å²) in [5.74, 6) is -1.18. The minimum Gasteiger partial charge on any atom is -0.462 e. The highest BCUT2D eigenvalue weighted by Crippen LogP contribution is 2.16. The third-order valence-electron chi connectivity index (χ3n) is 2.44. The fraction of sp³-hybridized carbons (Fsp3) is 0.462. The normalized spacial score (nSPS) is 10.0. The number of amides is 2. The molecular formula is C13H19N5O4S. The van der Waals surface area contributed by atoms with Crippen molar-refractivity contribution >= 4 is 35.4 Å². The van der Waals surface area contributed by atoms with E-state index in [1.165, 1.54) is 6.20 Å². The summed E-state index contributed by atoms with van der Waals surface area (Å²) < 4.78 is 4.81. The molecule has 1 aromatic rings.